The maximum Gasteiger partial charge on any atom is 0.264 e. The molecule has 1 heterocycles. The van der Waals surface area contributed by atoms with Gasteiger partial charge in [0.1, 0.15) is 6.54 Å². The number of aryl methyl sites for hydroxylation is 1. The highest BCUT2D eigenvalue weighted by atomic mass is 79.9. The number of sulfonamides is 1. The molecule has 0 radical (unpaired) electrons. The van der Waals surface area contributed by atoms with Gasteiger partial charge in [0, 0.05) is 17.6 Å². The number of carbonyl (C=O) groups excluding carboxylic acids is 1. The highest BCUT2D eigenvalue weighted by molar-refractivity contribution is 9.10. The molecule has 3 aromatic rings. The van der Waals surface area contributed by atoms with E-state index in [1.807, 2.05) is 31.2 Å². The summed E-state index contributed by atoms with van der Waals surface area (Å²) in [6.45, 7) is 4.98. The van der Waals surface area contributed by atoms with Crippen molar-refractivity contribution in [2.24, 2.45) is 0 Å². The number of hydrogen-bond donors (Lipinski definition) is 1. The number of rotatable bonds is 9. The van der Waals surface area contributed by atoms with Gasteiger partial charge in [-0.25, -0.2) is 8.42 Å². The number of nitrogens with zero attached hydrogens (tertiary/aromatic N) is 2. The van der Waals surface area contributed by atoms with Crippen LogP contribution in [0.3, 0.4) is 0 Å². The Hall–Kier alpha value is -2.68. The van der Waals surface area contributed by atoms with Crippen molar-refractivity contribution in [1.29, 1.82) is 0 Å². The standard InChI is InChI=1S/C27H30BrN3O3S/c1-21-11-13-26(14-12-21)35(33,34)31(25-10-6-9-24(28)17-25)20-27(32)29-18-22-7-2-3-8-23(22)19-30-15-4-5-16-30/h2-3,6-14,17H,4-5,15-16,18-20H2,1H3,(H,29,32). The molecule has 8 heteroatoms. The van der Waals surface area contributed by atoms with Crippen LogP contribution in [-0.4, -0.2) is 38.9 Å². The summed E-state index contributed by atoms with van der Waals surface area (Å²) in [7, 11) is -3.94. The molecule has 3 aromatic carbocycles. The predicted octanol–water partition coefficient (Wildman–Crippen LogP) is 4.87. The van der Waals surface area contributed by atoms with Gasteiger partial charge in [0.25, 0.3) is 10.0 Å². The Kier molecular flexibility index (Phi) is 8.26. The second kappa shape index (κ2) is 11.4. The largest absolute Gasteiger partial charge is 0.350 e. The van der Waals surface area contributed by atoms with Gasteiger partial charge in [0.05, 0.1) is 10.6 Å². The van der Waals surface area contributed by atoms with Gasteiger partial charge in [0.15, 0.2) is 0 Å². The molecule has 0 saturated carbocycles. The number of likely N-dealkylation sites (tertiary alicyclic amines) is 1. The minimum atomic E-state index is -3.94. The quantitative estimate of drug-likeness (QED) is 0.409. The van der Waals surface area contributed by atoms with Crippen molar-refractivity contribution < 1.29 is 13.2 Å². The molecule has 35 heavy (non-hydrogen) atoms. The van der Waals surface area contributed by atoms with Crippen LogP contribution in [0.5, 0.6) is 0 Å². The van der Waals surface area contributed by atoms with Crippen LogP contribution >= 0.6 is 15.9 Å². The zero-order valence-electron chi connectivity index (χ0n) is 19.8. The van der Waals surface area contributed by atoms with Crippen LogP contribution in [0.4, 0.5) is 5.69 Å². The number of carbonyl (C=O) groups is 1. The topological polar surface area (TPSA) is 69.7 Å². The van der Waals surface area contributed by atoms with E-state index in [1.54, 1.807) is 42.5 Å². The Balaban J connectivity index is 1.52. The Morgan fingerprint density at radius 1 is 0.971 bits per heavy atom. The third kappa shape index (κ3) is 6.51. The molecule has 1 fully saturated rings. The number of amides is 1. The molecule has 4 rings (SSSR count). The summed E-state index contributed by atoms with van der Waals surface area (Å²) in [4.78, 5) is 15.6. The zero-order chi connectivity index (χ0) is 24.8. The van der Waals surface area contributed by atoms with Crippen LogP contribution in [-0.2, 0) is 27.9 Å². The summed E-state index contributed by atoms with van der Waals surface area (Å²) in [5.41, 5.74) is 3.61. The van der Waals surface area contributed by atoms with E-state index in [0.29, 0.717) is 12.2 Å². The van der Waals surface area contributed by atoms with E-state index in [4.69, 9.17) is 0 Å². The van der Waals surface area contributed by atoms with Crippen LogP contribution in [0.25, 0.3) is 0 Å². The molecule has 0 bridgehead atoms. The van der Waals surface area contributed by atoms with Crippen molar-refractivity contribution in [1.82, 2.24) is 10.2 Å². The predicted molar refractivity (Wildman–Crippen MR) is 143 cm³/mol. The van der Waals surface area contributed by atoms with E-state index in [9.17, 15) is 13.2 Å². The molecule has 1 N–H and O–H groups in total. The summed E-state index contributed by atoms with van der Waals surface area (Å²) in [5.74, 6) is -0.364. The highest BCUT2D eigenvalue weighted by Gasteiger charge is 2.27. The fraction of sp³-hybridized carbons (Fsp3) is 0.296. The number of hydrogen-bond acceptors (Lipinski definition) is 4. The Morgan fingerprint density at radius 2 is 1.66 bits per heavy atom. The first-order valence-electron chi connectivity index (χ1n) is 11.7. The average molecular weight is 557 g/mol. The number of halogens is 1. The molecule has 1 aliphatic rings. The minimum Gasteiger partial charge on any atom is -0.350 e. The molecule has 0 spiro atoms. The molecule has 0 aromatic heterocycles. The van der Waals surface area contributed by atoms with E-state index in [2.05, 4.69) is 32.2 Å². The van der Waals surface area contributed by atoms with Crippen LogP contribution < -0.4 is 9.62 Å². The zero-order valence-corrected chi connectivity index (χ0v) is 22.2. The third-order valence-corrected chi connectivity index (χ3v) is 8.46. The molecule has 6 nitrogen and oxygen atoms in total. The van der Waals surface area contributed by atoms with Crippen LogP contribution in [0, 0.1) is 6.92 Å². The van der Waals surface area contributed by atoms with Gasteiger partial charge in [-0.05, 0) is 74.3 Å². The fourth-order valence-electron chi connectivity index (χ4n) is 4.23. The van der Waals surface area contributed by atoms with Crippen molar-refractivity contribution >= 4 is 37.5 Å². The Bertz CT molecular complexity index is 1270. The first-order valence-corrected chi connectivity index (χ1v) is 14.0. The lowest BCUT2D eigenvalue weighted by Gasteiger charge is -2.24. The van der Waals surface area contributed by atoms with Gasteiger partial charge >= 0.3 is 0 Å². The van der Waals surface area contributed by atoms with Crippen LogP contribution in [0.1, 0.15) is 29.5 Å². The van der Waals surface area contributed by atoms with Crippen molar-refractivity contribution in [3.8, 4) is 0 Å². The van der Waals surface area contributed by atoms with Gasteiger partial charge in [-0.1, -0.05) is 64.0 Å². The van der Waals surface area contributed by atoms with E-state index in [1.165, 1.54) is 18.4 Å². The molecular formula is C27H30BrN3O3S. The lowest BCUT2D eigenvalue weighted by molar-refractivity contribution is -0.119. The molecule has 0 atom stereocenters. The molecular weight excluding hydrogens is 526 g/mol. The monoisotopic (exact) mass is 555 g/mol. The van der Waals surface area contributed by atoms with Crippen LogP contribution in [0.2, 0.25) is 0 Å². The van der Waals surface area contributed by atoms with Gasteiger partial charge in [-0.3, -0.25) is 14.0 Å². The summed E-state index contributed by atoms with van der Waals surface area (Å²) < 4.78 is 29.0. The first kappa shape index (κ1) is 25.4. The lowest BCUT2D eigenvalue weighted by atomic mass is 10.1. The number of anilines is 1. The van der Waals surface area contributed by atoms with E-state index in [0.717, 1.165) is 39.5 Å². The van der Waals surface area contributed by atoms with Crippen molar-refractivity contribution in [3.05, 3.63) is 94.0 Å². The Morgan fingerprint density at radius 3 is 2.34 bits per heavy atom. The van der Waals surface area contributed by atoms with Gasteiger partial charge in [-0.15, -0.1) is 0 Å². The molecule has 1 amide bonds. The normalized spacial score (nSPS) is 14.1. The molecule has 1 aliphatic heterocycles. The van der Waals surface area contributed by atoms with Gasteiger partial charge in [0.2, 0.25) is 5.91 Å². The molecule has 184 valence electrons. The van der Waals surface area contributed by atoms with Crippen molar-refractivity contribution in [2.45, 2.75) is 37.8 Å². The van der Waals surface area contributed by atoms with Crippen LogP contribution in [0.15, 0.2) is 82.2 Å². The summed E-state index contributed by atoms with van der Waals surface area (Å²) in [5, 5.41) is 2.94. The van der Waals surface area contributed by atoms with Gasteiger partial charge < -0.3 is 5.32 Å². The summed E-state index contributed by atoms with van der Waals surface area (Å²) in [6.07, 6.45) is 2.44. The Labute approximate surface area is 216 Å². The molecule has 0 aliphatic carbocycles. The average Bonchev–Trinajstić information content (AvgIpc) is 3.35. The minimum absolute atomic E-state index is 0.145. The maximum atomic E-state index is 13.5. The smallest absolute Gasteiger partial charge is 0.264 e. The SMILES string of the molecule is Cc1ccc(S(=O)(=O)N(CC(=O)NCc2ccccc2CN2CCCC2)c2cccc(Br)c2)cc1. The second-order valence-corrected chi connectivity index (χ2v) is 11.6. The van der Waals surface area contributed by atoms with Gasteiger partial charge in [-0.2, -0.15) is 0 Å². The van der Waals surface area contributed by atoms with E-state index in [-0.39, 0.29) is 17.3 Å². The number of benzene rings is 3. The highest BCUT2D eigenvalue weighted by Crippen LogP contribution is 2.26. The third-order valence-electron chi connectivity index (χ3n) is 6.18. The second-order valence-electron chi connectivity index (χ2n) is 8.83. The van der Waals surface area contributed by atoms with E-state index >= 15 is 0 Å². The lowest BCUT2D eigenvalue weighted by Crippen LogP contribution is -2.40. The van der Waals surface area contributed by atoms with E-state index < -0.39 is 10.0 Å². The number of nitrogens with one attached hydrogen (secondary N) is 1. The fourth-order valence-corrected chi connectivity index (χ4v) is 6.03. The van der Waals surface area contributed by atoms with Crippen molar-refractivity contribution in [3.63, 3.8) is 0 Å². The first-order chi connectivity index (χ1) is 16.8. The van der Waals surface area contributed by atoms with Crippen molar-refractivity contribution in [2.75, 3.05) is 23.9 Å². The summed E-state index contributed by atoms with van der Waals surface area (Å²) >= 11 is 3.41. The molecule has 0 unspecified atom stereocenters. The maximum absolute atomic E-state index is 13.5. The molecule has 1 saturated heterocycles. The summed E-state index contributed by atoms with van der Waals surface area (Å²) in [6, 6.07) is 21.7.